The molecular weight excluding hydrogens is 316 g/mol. The van der Waals surface area contributed by atoms with Gasteiger partial charge in [-0.15, -0.1) is 0 Å². The summed E-state index contributed by atoms with van der Waals surface area (Å²) in [6.45, 7) is 1.84. The van der Waals surface area contributed by atoms with E-state index in [-0.39, 0.29) is 18.3 Å². The van der Waals surface area contributed by atoms with Gasteiger partial charge in [-0.05, 0) is 12.0 Å². The Morgan fingerprint density at radius 1 is 1.13 bits per heavy atom. The van der Waals surface area contributed by atoms with Gasteiger partial charge in [-0.3, -0.25) is 4.79 Å². The first-order valence-electron chi connectivity index (χ1n) is 7.81. The lowest BCUT2D eigenvalue weighted by Gasteiger charge is -2.34. The predicted octanol–water partition coefficient (Wildman–Crippen LogP) is 0.740. The Morgan fingerprint density at radius 3 is 2.39 bits per heavy atom. The number of ether oxygens (including phenoxy) is 1. The Bertz CT molecular complexity index is 596. The van der Waals surface area contributed by atoms with Gasteiger partial charge in [-0.1, -0.05) is 30.3 Å². The lowest BCUT2D eigenvalue weighted by molar-refractivity contribution is -0.132. The lowest BCUT2D eigenvalue weighted by atomic mass is 10.1. The highest BCUT2D eigenvalue weighted by Gasteiger charge is 2.28. The summed E-state index contributed by atoms with van der Waals surface area (Å²) in [6, 6.07) is 9.89. The van der Waals surface area contributed by atoms with Crippen LogP contribution in [0.2, 0.25) is 0 Å². The van der Waals surface area contributed by atoms with Crippen LogP contribution in [0.5, 0.6) is 0 Å². The maximum Gasteiger partial charge on any atom is 0.222 e. The van der Waals surface area contributed by atoms with Crippen molar-refractivity contribution in [1.29, 1.82) is 0 Å². The molecular formula is C16H24N2O4S. The Hall–Kier alpha value is -1.44. The molecule has 0 aliphatic carbocycles. The fraction of sp³-hybridized carbons (Fsp3) is 0.562. The average molecular weight is 340 g/mol. The van der Waals surface area contributed by atoms with Gasteiger partial charge in [-0.2, -0.15) is 4.31 Å². The zero-order chi connectivity index (χ0) is 16.7. The molecule has 0 spiro atoms. The average Bonchev–Trinajstić information content (AvgIpc) is 2.59. The number of rotatable bonds is 7. The fourth-order valence-electron chi connectivity index (χ4n) is 2.59. The molecule has 2 rings (SSSR count). The molecule has 23 heavy (non-hydrogen) atoms. The van der Waals surface area contributed by atoms with E-state index in [1.807, 2.05) is 30.3 Å². The van der Waals surface area contributed by atoms with Crippen LogP contribution >= 0.6 is 0 Å². The minimum absolute atomic E-state index is 0.00848. The maximum atomic E-state index is 12.2. The molecule has 1 aliphatic rings. The zero-order valence-electron chi connectivity index (χ0n) is 13.5. The molecule has 1 saturated heterocycles. The summed E-state index contributed by atoms with van der Waals surface area (Å²) in [5.74, 6) is 0.0774. The number of hydrogen-bond donors (Lipinski definition) is 0. The van der Waals surface area contributed by atoms with Crippen LogP contribution in [0.15, 0.2) is 30.3 Å². The fourth-order valence-corrected chi connectivity index (χ4v) is 3.94. The number of benzene rings is 1. The van der Waals surface area contributed by atoms with E-state index in [1.54, 1.807) is 4.90 Å². The van der Waals surface area contributed by atoms with Crippen molar-refractivity contribution in [3.8, 4) is 0 Å². The highest BCUT2D eigenvalue weighted by Crippen LogP contribution is 2.11. The summed E-state index contributed by atoms with van der Waals surface area (Å²) in [6.07, 6.45) is 1.17. The van der Waals surface area contributed by atoms with Crippen molar-refractivity contribution in [3.05, 3.63) is 35.9 Å². The van der Waals surface area contributed by atoms with Gasteiger partial charge in [0.05, 0.1) is 12.4 Å². The second-order valence-corrected chi connectivity index (χ2v) is 7.66. The minimum atomic E-state index is -3.28. The molecule has 128 valence electrons. The number of carbonyl (C=O) groups is 1. The number of aryl methyl sites for hydroxylation is 1. The van der Waals surface area contributed by atoms with Gasteiger partial charge in [0.1, 0.15) is 0 Å². The first-order valence-corrected chi connectivity index (χ1v) is 9.42. The van der Waals surface area contributed by atoms with Gasteiger partial charge < -0.3 is 9.64 Å². The van der Waals surface area contributed by atoms with E-state index in [0.29, 0.717) is 39.0 Å². The Morgan fingerprint density at radius 2 is 1.78 bits per heavy atom. The normalized spacial score (nSPS) is 16.5. The summed E-state index contributed by atoms with van der Waals surface area (Å²) in [4.78, 5) is 14.0. The standard InChI is InChI=1S/C16H24N2O4S/c1-22-13-14-23(20,21)18-11-9-17(10-12-18)16(19)8-7-15-5-3-2-4-6-15/h2-6H,7-14H2,1H3. The zero-order valence-corrected chi connectivity index (χ0v) is 14.3. The molecule has 0 atom stereocenters. The Kier molecular flexibility index (Phi) is 6.56. The topological polar surface area (TPSA) is 66.9 Å². The second kappa shape index (κ2) is 8.42. The van der Waals surface area contributed by atoms with E-state index >= 15 is 0 Å². The van der Waals surface area contributed by atoms with Crippen LogP contribution in [0.4, 0.5) is 0 Å². The molecule has 7 heteroatoms. The molecule has 0 saturated carbocycles. The van der Waals surface area contributed by atoms with Crippen molar-refractivity contribution in [3.63, 3.8) is 0 Å². The number of hydrogen-bond acceptors (Lipinski definition) is 4. The molecule has 0 radical (unpaired) electrons. The molecule has 1 heterocycles. The summed E-state index contributed by atoms with van der Waals surface area (Å²) in [5.41, 5.74) is 1.14. The Balaban J connectivity index is 1.78. The van der Waals surface area contributed by atoms with Crippen LogP contribution in [0.3, 0.4) is 0 Å². The van der Waals surface area contributed by atoms with Crippen LogP contribution < -0.4 is 0 Å². The smallest absolute Gasteiger partial charge is 0.222 e. The van der Waals surface area contributed by atoms with Gasteiger partial charge in [0.15, 0.2) is 0 Å². The molecule has 0 N–H and O–H groups in total. The first-order chi connectivity index (χ1) is 11.0. The number of amides is 1. The van der Waals surface area contributed by atoms with Crippen molar-refractivity contribution in [2.24, 2.45) is 0 Å². The quantitative estimate of drug-likeness (QED) is 0.734. The van der Waals surface area contributed by atoms with Crippen molar-refractivity contribution in [2.45, 2.75) is 12.8 Å². The first kappa shape index (κ1) is 17.9. The van der Waals surface area contributed by atoms with Crippen LogP contribution in [0.25, 0.3) is 0 Å². The van der Waals surface area contributed by atoms with Gasteiger partial charge >= 0.3 is 0 Å². The number of sulfonamides is 1. The molecule has 1 aromatic carbocycles. The van der Waals surface area contributed by atoms with E-state index in [9.17, 15) is 13.2 Å². The molecule has 1 aliphatic heterocycles. The van der Waals surface area contributed by atoms with Crippen LogP contribution in [-0.2, 0) is 26.0 Å². The van der Waals surface area contributed by atoms with Crippen molar-refractivity contribution < 1.29 is 17.9 Å². The van der Waals surface area contributed by atoms with E-state index in [4.69, 9.17) is 4.74 Å². The molecule has 0 aromatic heterocycles. The van der Waals surface area contributed by atoms with E-state index in [1.165, 1.54) is 11.4 Å². The van der Waals surface area contributed by atoms with E-state index in [0.717, 1.165) is 5.56 Å². The van der Waals surface area contributed by atoms with Crippen molar-refractivity contribution in [1.82, 2.24) is 9.21 Å². The lowest BCUT2D eigenvalue weighted by Crippen LogP contribution is -2.51. The third-order valence-corrected chi connectivity index (χ3v) is 5.84. The molecule has 6 nitrogen and oxygen atoms in total. The second-order valence-electron chi connectivity index (χ2n) is 5.57. The number of nitrogens with zero attached hydrogens (tertiary/aromatic N) is 2. The number of piperazine rings is 1. The minimum Gasteiger partial charge on any atom is -0.384 e. The maximum absolute atomic E-state index is 12.2. The predicted molar refractivity (Wildman–Crippen MR) is 88.6 cm³/mol. The van der Waals surface area contributed by atoms with Crippen molar-refractivity contribution >= 4 is 15.9 Å². The molecule has 1 amide bonds. The molecule has 1 aromatic rings. The van der Waals surface area contributed by atoms with E-state index in [2.05, 4.69) is 0 Å². The van der Waals surface area contributed by atoms with Crippen LogP contribution in [0, 0.1) is 0 Å². The highest BCUT2D eigenvalue weighted by atomic mass is 32.2. The van der Waals surface area contributed by atoms with Crippen LogP contribution in [0.1, 0.15) is 12.0 Å². The highest BCUT2D eigenvalue weighted by molar-refractivity contribution is 7.89. The monoisotopic (exact) mass is 340 g/mol. The summed E-state index contributed by atoms with van der Waals surface area (Å²) in [7, 11) is -1.79. The van der Waals surface area contributed by atoms with Gasteiger partial charge in [0, 0.05) is 39.7 Å². The van der Waals surface area contributed by atoms with Crippen LogP contribution in [-0.4, -0.2) is 69.2 Å². The molecule has 0 bridgehead atoms. The largest absolute Gasteiger partial charge is 0.384 e. The summed E-state index contributed by atoms with van der Waals surface area (Å²) >= 11 is 0. The molecule has 1 fully saturated rings. The summed E-state index contributed by atoms with van der Waals surface area (Å²) < 4.78 is 30.4. The van der Waals surface area contributed by atoms with Crippen molar-refractivity contribution in [2.75, 3.05) is 45.6 Å². The number of methoxy groups -OCH3 is 1. The third kappa shape index (κ3) is 5.30. The third-order valence-electron chi connectivity index (χ3n) is 4.00. The van der Waals surface area contributed by atoms with E-state index < -0.39 is 10.0 Å². The molecule has 0 unspecified atom stereocenters. The number of carbonyl (C=O) groups excluding carboxylic acids is 1. The SMILES string of the molecule is COCCS(=O)(=O)N1CCN(C(=O)CCc2ccccc2)CC1. The summed E-state index contributed by atoms with van der Waals surface area (Å²) in [5, 5.41) is 0. The Labute approximate surface area is 138 Å². The van der Waals surface area contributed by atoms with Gasteiger partial charge in [0.25, 0.3) is 0 Å². The van der Waals surface area contributed by atoms with Gasteiger partial charge in [-0.25, -0.2) is 8.42 Å². The van der Waals surface area contributed by atoms with Gasteiger partial charge in [0.2, 0.25) is 15.9 Å².